The van der Waals surface area contributed by atoms with Crippen LogP contribution in [0.2, 0.25) is 0 Å². The van der Waals surface area contributed by atoms with Crippen LogP contribution in [0.25, 0.3) is 0 Å². The lowest BCUT2D eigenvalue weighted by molar-refractivity contribution is -0.125. The zero-order valence-corrected chi connectivity index (χ0v) is 15.8. The molecule has 0 radical (unpaired) electrons. The van der Waals surface area contributed by atoms with E-state index >= 15 is 0 Å². The summed E-state index contributed by atoms with van der Waals surface area (Å²) in [7, 11) is -3.82. The monoisotopic (exact) mass is 390 g/mol. The minimum atomic E-state index is -3.82. The summed E-state index contributed by atoms with van der Waals surface area (Å²) in [5.41, 5.74) is 0.491. The summed E-state index contributed by atoms with van der Waals surface area (Å²) in [5, 5.41) is 1.84. The van der Waals surface area contributed by atoms with Gasteiger partial charge in [0.05, 0.1) is 4.90 Å². The molecule has 0 saturated heterocycles. The van der Waals surface area contributed by atoms with Crippen molar-refractivity contribution in [2.24, 2.45) is 5.92 Å². The number of carbonyl (C=O) groups is 1. The normalized spacial score (nSPS) is 16.6. The molecular formula is C20H23FN2O3S. The number of sulfone groups is 1. The number of pyridine rings is 1. The summed E-state index contributed by atoms with van der Waals surface area (Å²) in [6.45, 7) is -0.0409. The molecule has 1 saturated carbocycles. The molecule has 1 fully saturated rings. The standard InChI is InChI=1S/C20H23FN2O3S/c21-17-8-10-18(11-9-17)27(25,26)19(16-7-4-12-22-13-16)14-23-20(24)15-5-2-1-3-6-15/h4,7-13,15,19H,1-3,5-6,14H2,(H,23,24)/t19-/m0/s1. The van der Waals surface area contributed by atoms with Gasteiger partial charge in [0.15, 0.2) is 9.84 Å². The van der Waals surface area contributed by atoms with Gasteiger partial charge in [0, 0.05) is 24.9 Å². The van der Waals surface area contributed by atoms with Gasteiger partial charge in [-0.3, -0.25) is 9.78 Å². The summed E-state index contributed by atoms with van der Waals surface area (Å²) < 4.78 is 39.5. The number of rotatable bonds is 6. The predicted molar refractivity (Wildman–Crippen MR) is 100 cm³/mol. The van der Waals surface area contributed by atoms with Gasteiger partial charge in [0.1, 0.15) is 11.1 Å². The van der Waals surface area contributed by atoms with Crippen LogP contribution in [0.3, 0.4) is 0 Å². The molecule has 0 aliphatic heterocycles. The molecule has 1 amide bonds. The van der Waals surface area contributed by atoms with Gasteiger partial charge in [0.25, 0.3) is 0 Å². The number of nitrogens with zero attached hydrogens (tertiary/aromatic N) is 1. The highest BCUT2D eigenvalue weighted by atomic mass is 32.2. The average Bonchev–Trinajstić information content (AvgIpc) is 2.69. The molecule has 1 N–H and O–H groups in total. The molecule has 7 heteroatoms. The topological polar surface area (TPSA) is 76.1 Å². The molecule has 0 bridgehead atoms. The first-order valence-corrected chi connectivity index (χ1v) is 10.7. The highest BCUT2D eigenvalue weighted by Gasteiger charge is 2.31. The third kappa shape index (κ3) is 4.71. The molecule has 1 aliphatic rings. The molecule has 3 rings (SSSR count). The first-order chi connectivity index (χ1) is 13.0. The Morgan fingerprint density at radius 1 is 1.15 bits per heavy atom. The molecule has 1 aliphatic carbocycles. The van der Waals surface area contributed by atoms with Gasteiger partial charge in [-0.1, -0.05) is 25.3 Å². The summed E-state index contributed by atoms with van der Waals surface area (Å²) in [5.74, 6) is -0.655. The van der Waals surface area contributed by atoms with Gasteiger partial charge in [-0.15, -0.1) is 0 Å². The second-order valence-corrected chi connectivity index (χ2v) is 8.98. The smallest absolute Gasteiger partial charge is 0.223 e. The molecule has 144 valence electrons. The number of amides is 1. The van der Waals surface area contributed by atoms with Crippen molar-refractivity contribution in [2.45, 2.75) is 42.2 Å². The molecular weight excluding hydrogens is 367 g/mol. The van der Waals surface area contributed by atoms with Crippen LogP contribution in [0.1, 0.15) is 42.9 Å². The highest BCUT2D eigenvalue weighted by Crippen LogP contribution is 2.29. The Hall–Kier alpha value is -2.28. The van der Waals surface area contributed by atoms with E-state index in [9.17, 15) is 17.6 Å². The fourth-order valence-corrected chi connectivity index (χ4v) is 5.11. The molecule has 2 aromatic rings. The highest BCUT2D eigenvalue weighted by molar-refractivity contribution is 7.91. The maximum absolute atomic E-state index is 13.2. The molecule has 1 aromatic carbocycles. The predicted octanol–water partition coefficient (Wildman–Crippen LogP) is 3.43. The molecule has 1 aromatic heterocycles. The number of carbonyl (C=O) groups excluding carboxylic acids is 1. The van der Waals surface area contributed by atoms with Crippen molar-refractivity contribution < 1.29 is 17.6 Å². The third-order valence-corrected chi connectivity index (χ3v) is 7.13. The van der Waals surface area contributed by atoms with E-state index in [1.807, 2.05) is 0 Å². The van der Waals surface area contributed by atoms with Crippen molar-refractivity contribution in [3.63, 3.8) is 0 Å². The number of nitrogens with one attached hydrogen (secondary N) is 1. The number of benzene rings is 1. The molecule has 1 heterocycles. The van der Waals surface area contributed by atoms with Crippen LogP contribution in [0.15, 0.2) is 53.7 Å². The number of halogens is 1. The van der Waals surface area contributed by atoms with Gasteiger partial charge in [0.2, 0.25) is 5.91 Å². The number of hydrogen-bond donors (Lipinski definition) is 1. The van der Waals surface area contributed by atoms with Crippen molar-refractivity contribution >= 4 is 15.7 Å². The van der Waals surface area contributed by atoms with Crippen molar-refractivity contribution in [1.82, 2.24) is 10.3 Å². The van der Waals surface area contributed by atoms with E-state index in [1.54, 1.807) is 18.3 Å². The summed E-state index contributed by atoms with van der Waals surface area (Å²) in [6.07, 6.45) is 7.92. The van der Waals surface area contributed by atoms with E-state index in [2.05, 4.69) is 10.3 Å². The minimum Gasteiger partial charge on any atom is -0.354 e. The van der Waals surface area contributed by atoms with Crippen LogP contribution >= 0.6 is 0 Å². The van der Waals surface area contributed by atoms with Crippen molar-refractivity contribution in [3.8, 4) is 0 Å². The maximum atomic E-state index is 13.2. The van der Waals surface area contributed by atoms with Crippen LogP contribution in [0.4, 0.5) is 4.39 Å². The van der Waals surface area contributed by atoms with Crippen LogP contribution in [-0.2, 0) is 14.6 Å². The summed E-state index contributed by atoms with van der Waals surface area (Å²) in [6, 6.07) is 8.06. The van der Waals surface area contributed by atoms with E-state index in [0.29, 0.717) is 5.56 Å². The lowest BCUT2D eigenvalue weighted by Crippen LogP contribution is -2.36. The first kappa shape index (κ1) is 19.5. The molecule has 5 nitrogen and oxygen atoms in total. The van der Waals surface area contributed by atoms with Crippen LogP contribution in [0.5, 0.6) is 0 Å². The van der Waals surface area contributed by atoms with Crippen molar-refractivity contribution in [1.29, 1.82) is 0 Å². The molecule has 1 atom stereocenters. The van der Waals surface area contributed by atoms with E-state index in [1.165, 1.54) is 18.3 Å². The molecule has 0 unspecified atom stereocenters. The lowest BCUT2D eigenvalue weighted by Gasteiger charge is -2.23. The van der Waals surface area contributed by atoms with Gasteiger partial charge in [-0.2, -0.15) is 0 Å². The Morgan fingerprint density at radius 2 is 1.85 bits per heavy atom. The van der Waals surface area contributed by atoms with Crippen LogP contribution in [-0.4, -0.2) is 25.9 Å². The zero-order chi connectivity index (χ0) is 19.3. The Kier molecular flexibility index (Phi) is 6.21. The van der Waals surface area contributed by atoms with Gasteiger partial charge in [-0.05, 0) is 48.7 Å². The maximum Gasteiger partial charge on any atom is 0.223 e. The quantitative estimate of drug-likeness (QED) is 0.767. The number of aromatic nitrogens is 1. The van der Waals surface area contributed by atoms with Gasteiger partial charge >= 0.3 is 0 Å². The number of hydrogen-bond acceptors (Lipinski definition) is 4. The molecule has 27 heavy (non-hydrogen) atoms. The average molecular weight is 390 g/mol. The van der Waals surface area contributed by atoms with Crippen LogP contribution in [0, 0.1) is 11.7 Å². The lowest BCUT2D eigenvalue weighted by atomic mass is 9.88. The van der Waals surface area contributed by atoms with E-state index in [0.717, 1.165) is 44.2 Å². The second-order valence-electron chi connectivity index (χ2n) is 6.85. The van der Waals surface area contributed by atoms with E-state index in [4.69, 9.17) is 0 Å². The third-order valence-electron chi connectivity index (χ3n) is 5.01. The van der Waals surface area contributed by atoms with Crippen molar-refractivity contribution in [2.75, 3.05) is 6.54 Å². The largest absolute Gasteiger partial charge is 0.354 e. The Labute approximate surface area is 158 Å². The van der Waals surface area contributed by atoms with Gasteiger partial charge < -0.3 is 5.32 Å². The fraction of sp³-hybridized carbons (Fsp3) is 0.400. The van der Waals surface area contributed by atoms with E-state index < -0.39 is 20.9 Å². The second kappa shape index (κ2) is 8.61. The van der Waals surface area contributed by atoms with E-state index in [-0.39, 0.29) is 23.3 Å². The summed E-state index contributed by atoms with van der Waals surface area (Å²) >= 11 is 0. The first-order valence-electron chi connectivity index (χ1n) is 9.15. The minimum absolute atomic E-state index is 0.0182. The van der Waals surface area contributed by atoms with Crippen LogP contribution < -0.4 is 5.32 Å². The zero-order valence-electron chi connectivity index (χ0n) is 15.0. The Balaban J connectivity index is 1.83. The van der Waals surface area contributed by atoms with Gasteiger partial charge in [-0.25, -0.2) is 12.8 Å². The molecule has 0 spiro atoms. The summed E-state index contributed by atoms with van der Waals surface area (Å²) in [4.78, 5) is 16.5. The fourth-order valence-electron chi connectivity index (χ4n) is 3.46. The Bertz CT molecular complexity index is 864. The SMILES string of the molecule is O=C(NC[C@@H](c1cccnc1)S(=O)(=O)c1ccc(F)cc1)C1CCCCC1. The Morgan fingerprint density at radius 3 is 2.48 bits per heavy atom. The van der Waals surface area contributed by atoms with Crippen molar-refractivity contribution in [3.05, 3.63) is 60.2 Å².